The molecule has 0 radical (unpaired) electrons. The summed E-state index contributed by atoms with van der Waals surface area (Å²) < 4.78 is 5.39. The lowest BCUT2D eigenvalue weighted by atomic mass is 10.1. The molecule has 1 N–H and O–H groups in total. The van der Waals surface area contributed by atoms with Gasteiger partial charge in [-0.15, -0.1) is 6.58 Å². The first-order valence-corrected chi connectivity index (χ1v) is 6.99. The van der Waals surface area contributed by atoms with Gasteiger partial charge in [-0.2, -0.15) is 4.98 Å². The molecular formula is C17H16N4O. The molecule has 5 nitrogen and oxygen atoms in total. The van der Waals surface area contributed by atoms with Crippen LogP contribution in [0.4, 0.5) is 5.82 Å². The predicted octanol–water partition coefficient (Wildman–Crippen LogP) is 3.70. The molecule has 5 heteroatoms. The van der Waals surface area contributed by atoms with E-state index >= 15 is 0 Å². The Morgan fingerprint density at radius 2 is 2.05 bits per heavy atom. The van der Waals surface area contributed by atoms with E-state index < -0.39 is 0 Å². The first kappa shape index (κ1) is 14.0. The molecule has 3 rings (SSSR count). The summed E-state index contributed by atoms with van der Waals surface area (Å²) in [5, 5.41) is 7.21. The first-order chi connectivity index (χ1) is 10.8. The van der Waals surface area contributed by atoms with Crippen molar-refractivity contribution < 1.29 is 4.52 Å². The third kappa shape index (κ3) is 2.88. The molecule has 3 aromatic rings. The number of nitrogens with zero attached hydrogens (tertiary/aromatic N) is 3. The molecule has 0 aliphatic carbocycles. The minimum absolute atomic E-state index is 0.440. The Morgan fingerprint density at radius 1 is 1.23 bits per heavy atom. The number of aromatic nitrogens is 3. The number of rotatable bonds is 5. The van der Waals surface area contributed by atoms with Crippen LogP contribution < -0.4 is 5.32 Å². The van der Waals surface area contributed by atoms with Gasteiger partial charge in [-0.25, -0.2) is 4.98 Å². The smallest absolute Gasteiger partial charge is 0.261 e. The number of pyridine rings is 1. The molecule has 1 aromatic carbocycles. The number of aryl methyl sites for hydroxylation is 1. The summed E-state index contributed by atoms with van der Waals surface area (Å²) in [6.07, 6.45) is 3.48. The first-order valence-electron chi connectivity index (χ1n) is 6.99. The fraction of sp³-hybridized carbons (Fsp3) is 0.118. The predicted molar refractivity (Wildman–Crippen MR) is 86.4 cm³/mol. The largest absolute Gasteiger partial charge is 0.366 e. The Balaban J connectivity index is 1.94. The maximum Gasteiger partial charge on any atom is 0.261 e. The Hall–Kier alpha value is -2.95. The van der Waals surface area contributed by atoms with Crippen molar-refractivity contribution in [2.75, 3.05) is 11.9 Å². The standard InChI is InChI=1S/C17H16N4O/c1-3-10-18-16-14(5-4-11-19-16)17-20-15(21-22-17)13-8-6-12(2)7-9-13/h3-9,11H,1,10H2,2H3,(H,18,19). The third-order valence-electron chi connectivity index (χ3n) is 3.19. The van der Waals surface area contributed by atoms with Gasteiger partial charge < -0.3 is 9.84 Å². The van der Waals surface area contributed by atoms with Crippen molar-refractivity contribution in [2.45, 2.75) is 6.92 Å². The van der Waals surface area contributed by atoms with E-state index in [9.17, 15) is 0 Å². The highest BCUT2D eigenvalue weighted by Crippen LogP contribution is 2.26. The summed E-state index contributed by atoms with van der Waals surface area (Å²) in [5.41, 5.74) is 2.89. The van der Waals surface area contributed by atoms with Gasteiger partial charge in [0.25, 0.3) is 5.89 Å². The van der Waals surface area contributed by atoms with E-state index in [1.807, 2.05) is 43.3 Å². The average Bonchev–Trinajstić information content (AvgIpc) is 3.03. The van der Waals surface area contributed by atoms with E-state index in [0.717, 1.165) is 11.1 Å². The Kier molecular flexibility index (Phi) is 3.96. The quantitative estimate of drug-likeness (QED) is 0.726. The number of hydrogen-bond donors (Lipinski definition) is 1. The minimum atomic E-state index is 0.440. The summed E-state index contributed by atoms with van der Waals surface area (Å²) in [5.74, 6) is 1.70. The molecule has 0 fully saturated rings. The topological polar surface area (TPSA) is 63.8 Å². The van der Waals surface area contributed by atoms with Gasteiger partial charge in [-0.3, -0.25) is 0 Å². The van der Waals surface area contributed by atoms with Gasteiger partial charge in [0.1, 0.15) is 5.82 Å². The van der Waals surface area contributed by atoms with Crippen LogP contribution in [0.15, 0.2) is 59.8 Å². The van der Waals surface area contributed by atoms with E-state index in [2.05, 4.69) is 27.0 Å². The highest BCUT2D eigenvalue weighted by Gasteiger charge is 2.14. The van der Waals surface area contributed by atoms with Crippen molar-refractivity contribution in [1.29, 1.82) is 0 Å². The van der Waals surface area contributed by atoms with Crippen molar-refractivity contribution in [3.8, 4) is 22.8 Å². The van der Waals surface area contributed by atoms with Crippen LogP contribution in [0.2, 0.25) is 0 Å². The van der Waals surface area contributed by atoms with Gasteiger partial charge in [0.05, 0.1) is 5.56 Å². The van der Waals surface area contributed by atoms with Gasteiger partial charge in [0.2, 0.25) is 5.82 Å². The fourth-order valence-corrected chi connectivity index (χ4v) is 2.04. The maximum absolute atomic E-state index is 5.39. The summed E-state index contributed by atoms with van der Waals surface area (Å²) in [7, 11) is 0. The summed E-state index contributed by atoms with van der Waals surface area (Å²) >= 11 is 0. The van der Waals surface area contributed by atoms with Crippen molar-refractivity contribution in [3.05, 3.63) is 60.8 Å². The number of anilines is 1. The lowest BCUT2D eigenvalue weighted by molar-refractivity contribution is 0.432. The Morgan fingerprint density at radius 3 is 2.82 bits per heavy atom. The summed E-state index contributed by atoms with van der Waals surface area (Å²) in [4.78, 5) is 8.77. The Labute approximate surface area is 128 Å². The van der Waals surface area contributed by atoms with Gasteiger partial charge >= 0.3 is 0 Å². The molecule has 0 aliphatic heterocycles. The summed E-state index contributed by atoms with van der Waals surface area (Å²) in [6, 6.07) is 11.7. The lowest BCUT2D eigenvalue weighted by Crippen LogP contribution is -2.01. The van der Waals surface area contributed by atoms with Crippen molar-refractivity contribution in [3.63, 3.8) is 0 Å². The van der Waals surface area contributed by atoms with Crippen LogP contribution in [-0.4, -0.2) is 21.7 Å². The highest BCUT2D eigenvalue weighted by molar-refractivity contribution is 5.70. The normalized spacial score (nSPS) is 10.4. The molecule has 0 spiro atoms. The van der Waals surface area contributed by atoms with Gasteiger partial charge in [-0.1, -0.05) is 41.1 Å². The van der Waals surface area contributed by atoms with Crippen molar-refractivity contribution in [2.24, 2.45) is 0 Å². The van der Waals surface area contributed by atoms with Gasteiger partial charge in [0, 0.05) is 18.3 Å². The monoisotopic (exact) mass is 292 g/mol. The van der Waals surface area contributed by atoms with Crippen LogP contribution in [0.25, 0.3) is 22.8 Å². The zero-order valence-electron chi connectivity index (χ0n) is 12.3. The Bertz CT molecular complexity index is 777. The van der Waals surface area contributed by atoms with Crippen LogP contribution in [0.5, 0.6) is 0 Å². The van der Waals surface area contributed by atoms with Crippen molar-refractivity contribution >= 4 is 5.82 Å². The SMILES string of the molecule is C=CCNc1ncccc1-c1nc(-c2ccc(C)cc2)no1. The van der Waals surface area contributed by atoms with Crippen LogP contribution >= 0.6 is 0 Å². The molecule has 0 unspecified atom stereocenters. The lowest BCUT2D eigenvalue weighted by Gasteiger charge is -2.05. The number of benzene rings is 1. The zero-order valence-corrected chi connectivity index (χ0v) is 12.3. The second-order valence-electron chi connectivity index (χ2n) is 4.86. The van der Waals surface area contributed by atoms with Crippen LogP contribution in [0.1, 0.15) is 5.56 Å². The molecule has 22 heavy (non-hydrogen) atoms. The fourth-order valence-electron chi connectivity index (χ4n) is 2.04. The summed E-state index contributed by atoms with van der Waals surface area (Å²) in [6.45, 7) is 6.34. The van der Waals surface area contributed by atoms with E-state index in [4.69, 9.17) is 4.52 Å². The molecule has 2 aromatic heterocycles. The van der Waals surface area contributed by atoms with Gasteiger partial charge in [0.15, 0.2) is 0 Å². The van der Waals surface area contributed by atoms with Crippen LogP contribution in [-0.2, 0) is 0 Å². The van der Waals surface area contributed by atoms with E-state index in [1.165, 1.54) is 5.56 Å². The molecule has 0 amide bonds. The molecule has 2 heterocycles. The van der Waals surface area contributed by atoms with E-state index in [1.54, 1.807) is 12.3 Å². The zero-order chi connectivity index (χ0) is 15.4. The molecule has 0 saturated heterocycles. The molecular weight excluding hydrogens is 276 g/mol. The molecule has 0 atom stereocenters. The van der Waals surface area contributed by atoms with Gasteiger partial charge in [-0.05, 0) is 19.1 Å². The van der Waals surface area contributed by atoms with Crippen molar-refractivity contribution in [1.82, 2.24) is 15.1 Å². The average molecular weight is 292 g/mol. The number of hydrogen-bond acceptors (Lipinski definition) is 5. The molecule has 0 saturated carbocycles. The number of nitrogens with one attached hydrogen (secondary N) is 1. The minimum Gasteiger partial charge on any atom is -0.366 e. The molecule has 110 valence electrons. The third-order valence-corrected chi connectivity index (χ3v) is 3.19. The second-order valence-corrected chi connectivity index (χ2v) is 4.86. The molecule has 0 aliphatic rings. The molecule has 0 bridgehead atoms. The van der Waals surface area contributed by atoms with E-state index in [0.29, 0.717) is 24.1 Å². The van der Waals surface area contributed by atoms with E-state index in [-0.39, 0.29) is 0 Å². The van der Waals surface area contributed by atoms with Crippen LogP contribution in [0, 0.1) is 6.92 Å². The highest BCUT2D eigenvalue weighted by atomic mass is 16.5. The maximum atomic E-state index is 5.39. The second kappa shape index (κ2) is 6.22. The van der Waals surface area contributed by atoms with Crippen LogP contribution in [0.3, 0.4) is 0 Å².